The number of rotatable bonds is 5. The quantitative estimate of drug-likeness (QED) is 0.733. The second-order valence-corrected chi connectivity index (χ2v) is 8.54. The molecule has 5 heteroatoms. The maximum atomic E-state index is 10.9. The first-order valence-corrected chi connectivity index (χ1v) is 8.97. The van der Waals surface area contributed by atoms with Crippen molar-refractivity contribution in [2.24, 2.45) is 12.5 Å². The van der Waals surface area contributed by atoms with Crippen molar-refractivity contribution in [3.8, 4) is 11.1 Å². The predicted octanol–water partition coefficient (Wildman–Crippen LogP) is 3.85. The summed E-state index contributed by atoms with van der Waals surface area (Å²) in [5.41, 5.74) is 3.47. The Morgan fingerprint density at radius 3 is 2.27 bits per heavy atom. The molecule has 0 saturated carbocycles. The summed E-state index contributed by atoms with van der Waals surface area (Å²) < 4.78 is 1.79. The Hall–Kier alpha value is -2.40. The molecule has 26 heavy (non-hydrogen) atoms. The van der Waals surface area contributed by atoms with E-state index < -0.39 is 5.60 Å². The Bertz CT molecular complexity index is 866. The zero-order chi connectivity index (χ0) is 18.9. The maximum Gasteiger partial charge on any atom is 0.138 e. The van der Waals surface area contributed by atoms with E-state index in [2.05, 4.69) is 60.1 Å². The summed E-state index contributed by atoms with van der Waals surface area (Å²) in [4.78, 5) is 7.72. The first-order valence-electron chi connectivity index (χ1n) is 8.97. The number of aliphatic hydroxyl groups is 1. The molecule has 3 aromatic rings. The number of H-pyrrole nitrogens is 1. The minimum absolute atomic E-state index is 0.178. The van der Waals surface area contributed by atoms with Gasteiger partial charge in [0.05, 0.1) is 6.20 Å². The zero-order valence-corrected chi connectivity index (χ0v) is 16.2. The van der Waals surface area contributed by atoms with Crippen molar-refractivity contribution >= 4 is 0 Å². The van der Waals surface area contributed by atoms with Crippen LogP contribution in [0, 0.1) is 5.41 Å². The van der Waals surface area contributed by atoms with E-state index in [9.17, 15) is 5.11 Å². The molecular formula is C21H28N4O. The lowest BCUT2D eigenvalue weighted by atomic mass is 9.91. The van der Waals surface area contributed by atoms with E-state index in [1.165, 1.54) is 0 Å². The summed E-state index contributed by atoms with van der Waals surface area (Å²) in [6, 6.07) is 8.23. The number of imidazole rings is 1. The molecule has 1 atom stereocenters. The van der Waals surface area contributed by atoms with E-state index >= 15 is 0 Å². The molecular weight excluding hydrogens is 324 g/mol. The average molecular weight is 352 g/mol. The molecule has 2 heterocycles. The lowest BCUT2D eigenvalue weighted by Gasteiger charge is -2.21. The summed E-state index contributed by atoms with van der Waals surface area (Å²) >= 11 is 0. The first-order chi connectivity index (χ1) is 12.1. The van der Waals surface area contributed by atoms with Crippen LogP contribution in [0.3, 0.4) is 0 Å². The summed E-state index contributed by atoms with van der Waals surface area (Å²) in [6.45, 7) is 8.38. The maximum absolute atomic E-state index is 10.9. The second kappa shape index (κ2) is 6.72. The van der Waals surface area contributed by atoms with Crippen LogP contribution in [0.2, 0.25) is 0 Å². The lowest BCUT2D eigenvalue weighted by Crippen LogP contribution is -2.26. The van der Waals surface area contributed by atoms with E-state index in [0.717, 1.165) is 28.8 Å². The third-order valence-electron chi connectivity index (χ3n) is 4.40. The molecule has 0 spiro atoms. The van der Waals surface area contributed by atoms with Gasteiger partial charge in [0.15, 0.2) is 0 Å². The number of hydrogen-bond acceptors (Lipinski definition) is 3. The van der Waals surface area contributed by atoms with Gasteiger partial charge in [0, 0.05) is 37.1 Å². The van der Waals surface area contributed by atoms with Gasteiger partial charge in [-0.2, -0.15) is 5.10 Å². The standard InChI is InChI=1S/C21H28N4O/c1-20(2,3)11-18-13-22-19(24-18)21(4,26)10-15-6-8-16(9-7-15)17-12-23-25(5)14-17/h6-9,12-14,26H,10-11H2,1-5H3,(H,22,24). The number of aromatic nitrogens is 4. The van der Waals surface area contributed by atoms with Crippen molar-refractivity contribution in [1.29, 1.82) is 0 Å². The van der Waals surface area contributed by atoms with Gasteiger partial charge < -0.3 is 10.1 Å². The summed E-state index contributed by atoms with van der Waals surface area (Å²) in [5.74, 6) is 0.619. The minimum Gasteiger partial charge on any atom is -0.382 e. The van der Waals surface area contributed by atoms with Gasteiger partial charge in [0.2, 0.25) is 0 Å². The van der Waals surface area contributed by atoms with Crippen LogP contribution < -0.4 is 0 Å². The number of benzene rings is 1. The minimum atomic E-state index is -1.04. The molecule has 0 saturated heterocycles. The highest BCUT2D eigenvalue weighted by molar-refractivity contribution is 5.61. The van der Waals surface area contributed by atoms with E-state index in [0.29, 0.717) is 12.2 Å². The van der Waals surface area contributed by atoms with Crippen LogP contribution in [0.1, 0.15) is 44.8 Å². The molecule has 1 unspecified atom stereocenters. The van der Waals surface area contributed by atoms with Gasteiger partial charge in [-0.05, 0) is 29.9 Å². The van der Waals surface area contributed by atoms with Crippen molar-refractivity contribution in [2.45, 2.75) is 46.1 Å². The predicted molar refractivity (Wildman–Crippen MR) is 104 cm³/mol. The fraction of sp³-hybridized carbons (Fsp3) is 0.429. The summed E-state index contributed by atoms with van der Waals surface area (Å²) in [6.07, 6.45) is 7.08. The number of aromatic amines is 1. The largest absolute Gasteiger partial charge is 0.382 e. The van der Waals surface area contributed by atoms with Crippen LogP contribution in [-0.4, -0.2) is 24.9 Å². The summed E-state index contributed by atoms with van der Waals surface area (Å²) in [5, 5.41) is 15.1. The second-order valence-electron chi connectivity index (χ2n) is 8.54. The lowest BCUT2D eigenvalue weighted by molar-refractivity contribution is 0.0488. The Morgan fingerprint density at radius 2 is 1.69 bits per heavy atom. The molecule has 2 aromatic heterocycles. The van der Waals surface area contributed by atoms with Crippen LogP contribution in [0.4, 0.5) is 0 Å². The van der Waals surface area contributed by atoms with Crippen molar-refractivity contribution in [1.82, 2.24) is 19.7 Å². The number of nitrogens with one attached hydrogen (secondary N) is 1. The van der Waals surface area contributed by atoms with Gasteiger partial charge in [-0.15, -0.1) is 0 Å². The van der Waals surface area contributed by atoms with Crippen molar-refractivity contribution in [3.05, 3.63) is 59.9 Å². The molecule has 1 aromatic carbocycles. The molecule has 0 radical (unpaired) electrons. The molecule has 3 rings (SSSR count). The summed E-state index contributed by atoms with van der Waals surface area (Å²) in [7, 11) is 1.91. The van der Waals surface area contributed by atoms with E-state index in [4.69, 9.17) is 0 Å². The third kappa shape index (κ3) is 4.41. The molecule has 5 nitrogen and oxygen atoms in total. The van der Waals surface area contributed by atoms with Gasteiger partial charge in [-0.3, -0.25) is 4.68 Å². The molecule has 0 aliphatic rings. The molecule has 0 bridgehead atoms. The number of aryl methyl sites for hydroxylation is 1. The topological polar surface area (TPSA) is 66.7 Å². The van der Waals surface area contributed by atoms with Crippen molar-refractivity contribution in [3.63, 3.8) is 0 Å². The van der Waals surface area contributed by atoms with Gasteiger partial charge >= 0.3 is 0 Å². The number of hydrogen-bond donors (Lipinski definition) is 2. The normalized spacial score (nSPS) is 14.4. The zero-order valence-electron chi connectivity index (χ0n) is 16.2. The highest BCUT2D eigenvalue weighted by atomic mass is 16.3. The molecule has 0 amide bonds. The van der Waals surface area contributed by atoms with Gasteiger partial charge in [0.25, 0.3) is 0 Å². The molecule has 0 aliphatic carbocycles. The highest BCUT2D eigenvalue weighted by Crippen LogP contribution is 2.27. The fourth-order valence-electron chi connectivity index (χ4n) is 3.16. The van der Waals surface area contributed by atoms with Crippen LogP contribution in [0.15, 0.2) is 42.9 Å². The Kier molecular flexibility index (Phi) is 4.76. The van der Waals surface area contributed by atoms with E-state index in [-0.39, 0.29) is 5.41 Å². The fourth-order valence-corrected chi connectivity index (χ4v) is 3.16. The Labute approximate surface area is 155 Å². The molecule has 138 valence electrons. The molecule has 0 aliphatic heterocycles. The number of nitrogens with zero attached hydrogens (tertiary/aromatic N) is 3. The molecule has 0 fully saturated rings. The SMILES string of the molecule is Cn1cc(-c2ccc(CC(C)(O)c3ncc(CC(C)(C)C)[nH]3)cc2)cn1. The monoisotopic (exact) mass is 352 g/mol. The van der Waals surface area contributed by atoms with E-state index in [1.807, 2.05) is 32.6 Å². The van der Waals surface area contributed by atoms with E-state index in [1.54, 1.807) is 4.68 Å². The van der Waals surface area contributed by atoms with Crippen LogP contribution in [0.5, 0.6) is 0 Å². The highest BCUT2D eigenvalue weighted by Gasteiger charge is 2.27. The van der Waals surface area contributed by atoms with Crippen LogP contribution in [-0.2, 0) is 25.5 Å². The van der Waals surface area contributed by atoms with Gasteiger partial charge in [0.1, 0.15) is 11.4 Å². The van der Waals surface area contributed by atoms with Gasteiger partial charge in [-0.1, -0.05) is 45.0 Å². The van der Waals surface area contributed by atoms with Crippen molar-refractivity contribution < 1.29 is 5.11 Å². The Morgan fingerprint density at radius 1 is 1.00 bits per heavy atom. The smallest absolute Gasteiger partial charge is 0.138 e. The first kappa shape index (κ1) is 18.4. The van der Waals surface area contributed by atoms with Crippen LogP contribution in [0.25, 0.3) is 11.1 Å². The van der Waals surface area contributed by atoms with Crippen molar-refractivity contribution in [2.75, 3.05) is 0 Å². The third-order valence-corrected chi connectivity index (χ3v) is 4.40. The Balaban J connectivity index is 1.73. The average Bonchev–Trinajstić information content (AvgIpc) is 3.15. The van der Waals surface area contributed by atoms with Gasteiger partial charge in [-0.25, -0.2) is 4.98 Å². The van der Waals surface area contributed by atoms with Crippen LogP contribution >= 0.6 is 0 Å². The molecule has 2 N–H and O–H groups in total.